The lowest BCUT2D eigenvalue weighted by Crippen LogP contribution is -2.44. The van der Waals surface area contributed by atoms with Crippen molar-refractivity contribution < 1.29 is 44.7 Å². The number of carbonyl (C=O) groups is 1. The predicted molar refractivity (Wildman–Crippen MR) is 99.6 cm³/mol. The van der Waals surface area contributed by atoms with Crippen LogP contribution in [0.25, 0.3) is 0 Å². The molecule has 0 radical (unpaired) electrons. The molecule has 0 aromatic heterocycles. The van der Waals surface area contributed by atoms with Gasteiger partial charge in [-0.1, -0.05) is 0 Å². The quantitative estimate of drug-likeness (QED) is 0.518. The summed E-state index contributed by atoms with van der Waals surface area (Å²) in [7, 11) is -4.84. The zero-order valence-electron chi connectivity index (χ0n) is 16.1. The van der Waals surface area contributed by atoms with Gasteiger partial charge in [-0.3, -0.25) is 4.79 Å². The number of hydrogen-bond donors (Lipinski definition) is 2. The summed E-state index contributed by atoms with van der Waals surface area (Å²) in [4.78, 5) is 11.3. The Morgan fingerprint density at radius 2 is 1.69 bits per heavy atom. The number of nitrogens with one attached hydrogen (secondary N) is 1. The summed E-state index contributed by atoms with van der Waals surface area (Å²) < 4.78 is 108. The molecule has 1 unspecified atom stereocenters. The van der Waals surface area contributed by atoms with Crippen LogP contribution in [0.5, 0.6) is 0 Å². The van der Waals surface area contributed by atoms with Gasteiger partial charge in [0, 0.05) is 29.9 Å². The molecule has 2 aromatic carbocycles. The molecule has 1 saturated heterocycles. The average Bonchev–Trinajstić information content (AvgIpc) is 2.84. The van der Waals surface area contributed by atoms with Gasteiger partial charge in [-0.25, -0.2) is 34.8 Å². The number of aliphatic hydroxyl groups is 1. The standard InChI is InChI=1S/C19H16F6N2O4S/c20-12-4-3-10(18(29)26-11-7-13(21)17(23)14(22)8-11)6-15(12)32(30,31)27-5-1-2-16(28)19(24,25)9-27/h3-4,6-8,16,28H,1-2,5,9H2,(H,26,29). The molecule has 1 heterocycles. The number of carbonyl (C=O) groups excluding carboxylic acids is 1. The Bertz CT molecular complexity index is 1140. The molecule has 32 heavy (non-hydrogen) atoms. The molecule has 0 aliphatic carbocycles. The highest BCUT2D eigenvalue weighted by Gasteiger charge is 2.45. The number of nitrogens with zero attached hydrogens (tertiary/aromatic N) is 1. The van der Waals surface area contributed by atoms with E-state index in [4.69, 9.17) is 0 Å². The summed E-state index contributed by atoms with van der Waals surface area (Å²) in [5.41, 5.74) is -0.974. The Morgan fingerprint density at radius 3 is 2.31 bits per heavy atom. The maximum atomic E-state index is 14.3. The van der Waals surface area contributed by atoms with Gasteiger partial charge >= 0.3 is 0 Å². The summed E-state index contributed by atoms with van der Waals surface area (Å²) >= 11 is 0. The first-order valence-corrected chi connectivity index (χ1v) is 10.6. The third-order valence-electron chi connectivity index (χ3n) is 4.81. The molecule has 2 N–H and O–H groups in total. The Morgan fingerprint density at radius 1 is 1.06 bits per heavy atom. The molecular weight excluding hydrogens is 466 g/mol. The van der Waals surface area contributed by atoms with Crippen LogP contribution in [0.2, 0.25) is 0 Å². The molecule has 1 atom stereocenters. The third-order valence-corrected chi connectivity index (χ3v) is 6.67. The first-order chi connectivity index (χ1) is 14.8. The monoisotopic (exact) mass is 482 g/mol. The molecule has 3 rings (SSSR count). The van der Waals surface area contributed by atoms with E-state index in [0.29, 0.717) is 28.6 Å². The molecule has 1 aliphatic heterocycles. The predicted octanol–water partition coefficient (Wildman–Crippen LogP) is 3.28. The number of alkyl halides is 2. The normalized spacial score (nSPS) is 19.4. The molecule has 6 nitrogen and oxygen atoms in total. The molecule has 1 aliphatic rings. The molecule has 13 heteroatoms. The topological polar surface area (TPSA) is 86.7 Å². The number of hydrogen-bond acceptors (Lipinski definition) is 4. The van der Waals surface area contributed by atoms with Crippen LogP contribution in [-0.2, 0) is 10.0 Å². The zero-order valence-corrected chi connectivity index (χ0v) is 16.9. The van der Waals surface area contributed by atoms with Crippen molar-refractivity contribution in [3.63, 3.8) is 0 Å². The summed E-state index contributed by atoms with van der Waals surface area (Å²) in [5, 5.41) is 11.5. The van der Waals surface area contributed by atoms with Gasteiger partial charge in [-0.15, -0.1) is 0 Å². The van der Waals surface area contributed by atoms with Crippen LogP contribution in [0.15, 0.2) is 35.2 Å². The van der Waals surface area contributed by atoms with Gasteiger partial charge in [0.1, 0.15) is 16.8 Å². The lowest BCUT2D eigenvalue weighted by Gasteiger charge is -2.25. The van der Waals surface area contributed by atoms with Gasteiger partial charge in [-0.05, 0) is 31.0 Å². The van der Waals surface area contributed by atoms with Crippen molar-refractivity contribution in [1.29, 1.82) is 0 Å². The minimum absolute atomic E-state index is 0.112. The lowest BCUT2D eigenvalue weighted by atomic mass is 10.1. The number of anilines is 1. The van der Waals surface area contributed by atoms with E-state index in [1.165, 1.54) is 0 Å². The van der Waals surface area contributed by atoms with Crippen molar-refractivity contribution in [2.45, 2.75) is 29.8 Å². The smallest absolute Gasteiger partial charge is 0.286 e. The fourth-order valence-corrected chi connectivity index (χ4v) is 4.69. The van der Waals surface area contributed by atoms with Gasteiger partial charge in [0.25, 0.3) is 11.8 Å². The van der Waals surface area contributed by atoms with E-state index in [-0.39, 0.29) is 12.8 Å². The third kappa shape index (κ3) is 4.74. The van der Waals surface area contributed by atoms with Crippen molar-refractivity contribution in [3.8, 4) is 0 Å². The number of sulfonamides is 1. The molecule has 0 spiro atoms. The van der Waals surface area contributed by atoms with Gasteiger partial charge in [0.2, 0.25) is 10.0 Å². The lowest BCUT2D eigenvalue weighted by molar-refractivity contribution is -0.109. The van der Waals surface area contributed by atoms with Crippen molar-refractivity contribution in [3.05, 3.63) is 59.2 Å². The largest absolute Gasteiger partial charge is 0.387 e. The van der Waals surface area contributed by atoms with Crippen LogP contribution in [0.4, 0.5) is 32.0 Å². The second-order valence-electron chi connectivity index (χ2n) is 7.11. The van der Waals surface area contributed by atoms with Crippen molar-refractivity contribution in [2.75, 3.05) is 18.4 Å². The van der Waals surface area contributed by atoms with Gasteiger partial charge in [0.05, 0.1) is 6.54 Å². The second kappa shape index (κ2) is 8.71. The van der Waals surface area contributed by atoms with E-state index in [2.05, 4.69) is 0 Å². The zero-order chi connectivity index (χ0) is 23.8. The highest BCUT2D eigenvalue weighted by Crippen LogP contribution is 2.31. The van der Waals surface area contributed by atoms with Gasteiger partial charge in [-0.2, -0.15) is 4.31 Å². The van der Waals surface area contributed by atoms with Crippen molar-refractivity contribution in [1.82, 2.24) is 4.31 Å². The van der Waals surface area contributed by atoms with Crippen LogP contribution in [0, 0.1) is 23.3 Å². The molecule has 2 aromatic rings. The van der Waals surface area contributed by atoms with E-state index in [1.807, 2.05) is 5.32 Å². The van der Waals surface area contributed by atoms with Gasteiger partial charge < -0.3 is 10.4 Å². The molecule has 0 saturated carbocycles. The summed E-state index contributed by atoms with van der Waals surface area (Å²) in [6, 6.07) is 3.00. The number of amides is 1. The molecule has 1 amide bonds. The molecule has 0 bridgehead atoms. The summed E-state index contributed by atoms with van der Waals surface area (Å²) in [5.74, 6) is -11.2. The van der Waals surface area contributed by atoms with Gasteiger partial charge in [0.15, 0.2) is 17.5 Å². The maximum absolute atomic E-state index is 14.3. The summed E-state index contributed by atoms with van der Waals surface area (Å²) in [6.45, 7) is -1.81. The van der Waals surface area contributed by atoms with Crippen LogP contribution in [-0.4, -0.2) is 48.9 Å². The SMILES string of the molecule is O=C(Nc1cc(F)c(F)c(F)c1)c1ccc(F)c(S(=O)(=O)N2CCCC(O)C(F)(F)C2)c1. The number of benzene rings is 2. The molecule has 174 valence electrons. The Hall–Kier alpha value is -2.64. The Labute approximate surface area is 178 Å². The van der Waals surface area contributed by atoms with Crippen LogP contribution < -0.4 is 5.32 Å². The second-order valence-corrected chi connectivity index (χ2v) is 9.02. The minimum atomic E-state index is -4.84. The molecular formula is C19H16F6N2O4S. The van der Waals surface area contributed by atoms with E-state index in [1.54, 1.807) is 0 Å². The highest BCUT2D eigenvalue weighted by molar-refractivity contribution is 7.89. The number of halogens is 6. The van der Waals surface area contributed by atoms with E-state index >= 15 is 0 Å². The van der Waals surface area contributed by atoms with Crippen molar-refractivity contribution >= 4 is 21.6 Å². The van der Waals surface area contributed by atoms with Crippen LogP contribution >= 0.6 is 0 Å². The van der Waals surface area contributed by atoms with E-state index < -0.39 is 80.5 Å². The average molecular weight is 482 g/mol. The number of rotatable bonds is 4. The first-order valence-electron chi connectivity index (χ1n) is 9.14. The van der Waals surface area contributed by atoms with Crippen LogP contribution in [0.1, 0.15) is 23.2 Å². The number of aliphatic hydroxyl groups excluding tert-OH is 1. The minimum Gasteiger partial charge on any atom is -0.387 e. The summed E-state index contributed by atoms with van der Waals surface area (Å²) in [6.07, 6.45) is -2.55. The van der Waals surface area contributed by atoms with E-state index in [0.717, 1.165) is 6.07 Å². The fourth-order valence-electron chi connectivity index (χ4n) is 3.11. The Balaban J connectivity index is 1.92. The highest BCUT2D eigenvalue weighted by atomic mass is 32.2. The van der Waals surface area contributed by atoms with Crippen LogP contribution in [0.3, 0.4) is 0 Å². The van der Waals surface area contributed by atoms with E-state index in [9.17, 15) is 44.7 Å². The molecule has 1 fully saturated rings. The maximum Gasteiger partial charge on any atom is 0.286 e. The van der Waals surface area contributed by atoms with Crippen molar-refractivity contribution in [2.24, 2.45) is 0 Å². The fraction of sp³-hybridized carbons (Fsp3) is 0.316. The first kappa shape index (κ1) is 24.0. The Kier molecular flexibility index (Phi) is 6.54.